The van der Waals surface area contributed by atoms with Crippen LogP contribution in [0.2, 0.25) is 0 Å². The maximum atomic E-state index is 9.74. The van der Waals surface area contributed by atoms with Crippen LogP contribution in [-0.2, 0) is 9.47 Å². The van der Waals surface area contributed by atoms with Crippen LogP contribution in [0.1, 0.15) is 32.1 Å². The van der Waals surface area contributed by atoms with E-state index in [2.05, 4.69) is 5.32 Å². The Morgan fingerprint density at radius 2 is 2.12 bits per heavy atom. The first kappa shape index (κ1) is 12.3. The first-order valence-electron chi connectivity index (χ1n) is 6.45. The maximum Gasteiger partial charge on any atom is 0.0897 e. The van der Waals surface area contributed by atoms with Crippen molar-refractivity contribution >= 4 is 0 Å². The number of aliphatic hydroxyl groups is 1. The second-order valence-electron chi connectivity index (χ2n) is 4.86. The van der Waals surface area contributed by atoms with E-state index in [1.165, 1.54) is 12.8 Å². The molecular weight excluding hydrogens is 206 g/mol. The van der Waals surface area contributed by atoms with Gasteiger partial charge in [0.25, 0.3) is 0 Å². The van der Waals surface area contributed by atoms with Crippen LogP contribution in [0.5, 0.6) is 0 Å². The number of hydrogen-bond acceptors (Lipinski definition) is 4. The van der Waals surface area contributed by atoms with Crippen molar-refractivity contribution < 1.29 is 14.6 Å². The van der Waals surface area contributed by atoms with E-state index in [-0.39, 0.29) is 6.10 Å². The molecule has 1 saturated heterocycles. The molecule has 2 N–H and O–H groups in total. The zero-order valence-corrected chi connectivity index (χ0v) is 9.86. The highest BCUT2D eigenvalue weighted by Crippen LogP contribution is 2.20. The Morgan fingerprint density at radius 3 is 2.81 bits per heavy atom. The molecule has 0 spiro atoms. The summed E-state index contributed by atoms with van der Waals surface area (Å²) in [6.07, 6.45) is 5.94. The van der Waals surface area contributed by atoms with E-state index in [0.717, 1.165) is 32.5 Å². The van der Waals surface area contributed by atoms with E-state index in [1.54, 1.807) is 0 Å². The molecule has 0 bridgehead atoms. The molecule has 0 aromatic heterocycles. The van der Waals surface area contributed by atoms with Gasteiger partial charge in [0.2, 0.25) is 0 Å². The molecule has 1 aliphatic carbocycles. The Hall–Kier alpha value is -0.160. The van der Waals surface area contributed by atoms with E-state index in [1.807, 2.05) is 0 Å². The van der Waals surface area contributed by atoms with Gasteiger partial charge in [-0.25, -0.2) is 0 Å². The molecule has 0 aromatic carbocycles. The molecule has 2 atom stereocenters. The van der Waals surface area contributed by atoms with Gasteiger partial charge in [0.1, 0.15) is 0 Å². The Kier molecular flexibility index (Phi) is 5.03. The van der Waals surface area contributed by atoms with Crippen LogP contribution in [0.25, 0.3) is 0 Å². The van der Waals surface area contributed by atoms with Crippen LogP contribution in [0, 0.1) is 0 Å². The second-order valence-corrected chi connectivity index (χ2v) is 4.86. The van der Waals surface area contributed by atoms with E-state index in [9.17, 15) is 5.11 Å². The number of rotatable bonds is 6. The summed E-state index contributed by atoms with van der Waals surface area (Å²) in [5.74, 6) is 0. The average molecular weight is 229 g/mol. The van der Waals surface area contributed by atoms with E-state index < -0.39 is 0 Å². The molecule has 2 aliphatic rings. The minimum absolute atomic E-state index is 0.388. The normalized spacial score (nSPS) is 28.7. The van der Waals surface area contributed by atoms with Crippen molar-refractivity contribution in [1.29, 1.82) is 0 Å². The van der Waals surface area contributed by atoms with Gasteiger partial charge in [0.15, 0.2) is 0 Å². The second kappa shape index (κ2) is 6.55. The molecule has 0 amide bonds. The predicted octanol–water partition coefficient (Wildman–Crippen LogP) is 0.685. The molecule has 94 valence electrons. The van der Waals surface area contributed by atoms with Gasteiger partial charge in [0, 0.05) is 19.2 Å². The smallest absolute Gasteiger partial charge is 0.0897 e. The Labute approximate surface area is 97.3 Å². The van der Waals surface area contributed by atoms with Crippen LogP contribution < -0.4 is 5.32 Å². The fraction of sp³-hybridized carbons (Fsp3) is 1.00. The summed E-state index contributed by atoms with van der Waals surface area (Å²) in [5.41, 5.74) is 0. The van der Waals surface area contributed by atoms with Gasteiger partial charge in [0.05, 0.1) is 25.4 Å². The van der Waals surface area contributed by atoms with Crippen molar-refractivity contribution in [3.05, 3.63) is 0 Å². The van der Waals surface area contributed by atoms with Gasteiger partial charge < -0.3 is 19.9 Å². The van der Waals surface area contributed by atoms with Crippen molar-refractivity contribution in [3.63, 3.8) is 0 Å². The molecule has 2 rings (SSSR count). The number of ether oxygens (including phenoxy) is 2. The Balaban J connectivity index is 1.51. The fourth-order valence-electron chi connectivity index (χ4n) is 2.36. The molecule has 4 heteroatoms. The van der Waals surface area contributed by atoms with Crippen molar-refractivity contribution in [1.82, 2.24) is 5.32 Å². The van der Waals surface area contributed by atoms with Crippen LogP contribution >= 0.6 is 0 Å². The third kappa shape index (κ3) is 4.01. The van der Waals surface area contributed by atoms with Gasteiger partial charge in [-0.3, -0.25) is 0 Å². The van der Waals surface area contributed by atoms with Crippen LogP contribution in [0.3, 0.4) is 0 Å². The Morgan fingerprint density at radius 1 is 1.31 bits per heavy atom. The van der Waals surface area contributed by atoms with Gasteiger partial charge in [-0.2, -0.15) is 0 Å². The number of aliphatic hydroxyl groups excluding tert-OH is 1. The maximum absolute atomic E-state index is 9.74. The minimum atomic E-state index is -0.388. The van der Waals surface area contributed by atoms with E-state index in [4.69, 9.17) is 9.47 Å². The first-order valence-corrected chi connectivity index (χ1v) is 6.45. The summed E-state index contributed by atoms with van der Waals surface area (Å²) in [7, 11) is 0. The van der Waals surface area contributed by atoms with Crippen molar-refractivity contribution in [2.24, 2.45) is 0 Å². The predicted molar refractivity (Wildman–Crippen MR) is 61.4 cm³/mol. The molecule has 16 heavy (non-hydrogen) atoms. The molecule has 2 fully saturated rings. The van der Waals surface area contributed by atoms with Crippen LogP contribution in [0.4, 0.5) is 0 Å². The molecule has 0 aromatic rings. The van der Waals surface area contributed by atoms with E-state index in [0.29, 0.717) is 25.3 Å². The molecule has 4 nitrogen and oxygen atoms in total. The van der Waals surface area contributed by atoms with Gasteiger partial charge in [-0.1, -0.05) is 12.8 Å². The largest absolute Gasteiger partial charge is 0.389 e. The lowest BCUT2D eigenvalue weighted by atomic mass is 10.2. The Bertz CT molecular complexity index is 169. The summed E-state index contributed by atoms with van der Waals surface area (Å²) < 4.78 is 10.9. The third-order valence-electron chi connectivity index (χ3n) is 3.40. The van der Waals surface area contributed by atoms with Crippen LogP contribution in [0.15, 0.2) is 0 Å². The SMILES string of the molecule is OC(CNC1CCOC1)COC1CCCC1. The third-order valence-corrected chi connectivity index (χ3v) is 3.40. The molecule has 1 saturated carbocycles. The highest BCUT2D eigenvalue weighted by Gasteiger charge is 2.19. The molecular formula is C12H23NO3. The summed E-state index contributed by atoms with van der Waals surface area (Å²) in [6, 6.07) is 0.418. The van der Waals surface area contributed by atoms with Gasteiger partial charge >= 0.3 is 0 Å². The van der Waals surface area contributed by atoms with Crippen molar-refractivity contribution in [3.8, 4) is 0 Å². The first-order chi connectivity index (χ1) is 7.84. The van der Waals surface area contributed by atoms with Gasteiger partial charge in [-0.15, -0.1) is 0 Å². The summed E-state index contributed by atoms with van der Waals surface area (Å²) in [5, 5.41) is 13.0. The summed E-state index contributed by atoms with van der Waals surface area (Å²) >= 11 is 0. The molecule has 1 heterocycles. The monoisotopic (exact) mass is 229 g/mol. The quantitative estimate of drug-likeness (QED) is 0.703. The minimum Gasteiger partial charge on any atom is -0.389 e. The lowest BCUT2D eigenvalue weighted by Crippen LogP contribution is -2.38. The average Bonchev–Trinajstić information content (AvgIpc) is 2.96. The summed E-state index contributed by atoms with van der Waals surface area (Å²) in [6.45, 7) is 2.69. The fourth-order valence-corrected chi connectivity index (χ4v) is 2.36. The standard InChI is InChI=1S/C12H23NO3/c14-11(7-13-10-5-6-15-8-10)9-16-12-3-1-2-4-12/h10-14H,1-9H2. The topological polar surface area (TPSA) is 50.7 Å². The highest BCUT2D eigenvalue weighted by molar-refractivity contribution is 4.73. The number of nitrogens with one attached hydrogen (secondary N) is 1. The van der Waals surface area contributed by atoms with Crippen molar-refractivity contribution in [2.75, 3.05) is 26.4 Å². The van der Waals surface area contributed by atoms with Gasteiger partial charge in [-0.05, 0) is 19.3 Å². The van der Waals surface area contributed by atoms with E-state index >= 15 is 0 Å². The highest BCUT2D eigenvalue weighted by atomic mass is 16.5. The molecule has 1 aliphatic heterocycles. The molecule has 2 unspecified atom stereocenters. The zero-order valence-electron chi connectivity index (χ0n) is 9.86. The summed E-state index contributed by atoms with van der Waals surface area (Å²) in [4.78, 5) is 0. The zero-order chi connectivity index (χ0) is 11.2. The molecule has 0 radical (unpaired) electrons. The van der Waals surface area contributed by atoms with Crippen molar-refractivity contribution in [2.45, 2.75) is 50.4 Å². The van der Waals surface area contributed by atoms with Crippen LogP contribution in [-0.4, -0.2) is 49.7 Å². The lowest BCUT2D eigenvalue weighted by Gasteiger charge is -2.17. The lowest BCUT2D eigenvalue weighted by molar-refractivity contribution is -0.00630. The number of hydrogen-bond donors (Lipinski definition) is 2.